The second-order valence-electron chi connectivity index (χ2n) is 7.42. The molecule has 0 radical (unpaired) electrons. The minimum atomic E-state index is -0.416. The van der Waals surface area contributed by atoms with Crippen molar-refractivity contribution < 1.29 is 13.9 Å². The van der Waals surface area contributed by atoms with Crippen LogP contribution in [0.2, 0.25) is 0 Å². The Morgan fingerprint density at radius 2 is 2.11 bits per heavy atom. The minimum absolute atomic E-state index is 0.287. The van der Waals surface area contributed by atoms with E-state index in [-0.39, 0.29) is 11.5 Å². The molecule has 2 N–H and O–H groups in total. The molecule has 0 aliphatic carbocycles. The molecule has 0 saturated carbocycles. The Kier molecular flexibility index (Phi) is 5.30. The van der Waals surface area contributed by atoms with Crippen molar-refractivity contribution in [2.45, 2.75) is 12.8 Å². The van der Waals surface area contributed by atoms with Gasteiger partial charge in [-0.15, -0.1) is 0 Å². The number of fused-ring (bicyclic) bond motifs is 1. The van der Waals surface area contributed by atoms with E-state index >= 15 is 0 Å². The molecule has 146 valence electrons. The Morgan fingerprint density at radius 1 is 1.29 bits per heavy atom. The maximum Gasteiger partial charge on any atom is 0.257 e. The molecule has 4 rings (SSSR count). The third-order valence-electron chi connectivity index (χ3n) is 5.22. The zero-order chi connectivity index (χ0) is 19.5. The van der Waals surface area contributed by atoms with E-state index in [1.807, 2.05) is 24.3 Å². The molecule has 6 heteroatoms. The fourth-order valence-electron chi connectivity index (χ4n) is 3.77. The summed E-state index contributed by atoms with van der Waals surface area (Å²) < 4.78 is 20.0. The number of nitrogens with one attached hydrogen (secondary N) is 2. The highest BCUT2D eigenvalue weighted by Gasteiger charge is 2.27. The molecule has 2 aliphatic rings. The lowest BCUT2D eigenvalue weighted by atomic mass is 10.00. The number of hydrogen-bond acceptors (Lipinski definition) is 4. The lowest BCUT2D eigenvalue weighted by Crippen LogP contribution is -2.34. The number of piperidine rings is 1. The van der Waals surface area contributed by atoms with E-state index in [1.54, 1.807) is 12.1 Å². The highest BCUT2D eigenvalue weighted by molar-refractivity contribution is 6.31. The van der Waals surface area contributed by atoms with Crippen LogP contribution in [-0.2, 0) is 4.79 Å². The Labute approximate surface area is 164 Å². The van der Waals surface area contributed by atoms with Crippen LogP contribution in [0.4, 0.5) is 15.8 Å². The van der Waals surface area contributed by atoms with Gasteiger partial charge in [0.15, 0.2) is 0 Å². The monoisotopic (exact) mass is 381 g/mol. The molecule has 1 saturated heterocycles. The molecule has 2 aliphatic heterocycles. The predicted molar refractivity (Wildman–Crippen MR) is 109 cm³/mol. The van der Waals surface area contributed by atoms with Crippen molar-refractivity contribution in [3.63, 3.8) is 0 Å². The number of ether oxygens (including phenoxy) is 1. The number of benzene rings is 2. The van der Waals surface area contributed by atoms with Crippen molar-refractivity contribution >= 4 is 22.9 Å². The van der Waals surface area contributed by atoms with Crippen LogP contribution in [-0.4, -0.2) is 37.6 Å². The van der Waals surface area contributed by atoms with Gasteiger partial charge in [0, 0.05) is 29.9 Å². The summed E-state index contributed by atoms with van der Waals surface area (Å²) in [6.45, 7) is 2.96. The highest BCUT2D eigenvalue weighted by atomic mass is 19.1. The van der Waals surface area contributed by atoms with Gasteiger partial charge in [-0.1, -0.05) is 6.07 Å². The van der Waals surface area contributed by atoms with Crippen LogP contribution in [0, 0.1) is 11.7 Å². The molecule has 1 fully saturated rings. The molecule has 5 nitrogen and oxygen atoms in total. The third kappa shape index (κ3) is 4.02. The first-order valence-electron chi connectivity index (χ1n) is 9.58. The molecule has 2 heterocycles. The largest absolute Gasteiger partial charge is 0.493 e. The smallest absolute Gasteiger partial charge is 0.257 e. The van der Waals surface area contributed by atoms with Gasteiger partial charge in [-0.2, -0.15) is 0 Å². The van der Waals surface area contributed by atoms with Crippen LogP contribution in [0.25, 0.3) is 5.57 Å². The van der Waals surface area contributed by atoms with E-state index in [4.69, 9.17) is 4.74 Å². The summed E-state index contributed by atoms with van der Waals surface area (Å²) in [6, 6.07) is 12.2. The lowest BCUT2D eigenvalue weighted by Gasteiger charge is -2.29. The van der Waals surface area contributed by atoms with Crippen LogP contribution in [0.15, 0.2) is 48.7 Å². The summed E-state index contributed by atoms with van der Waals surface area (Å²) in [7, 11) is 2.15. The maximum atomic E-state index is 14.1. The fourth-order valence-corrected chi connectivity index (χ4v) is 3.77. The summed E-state index contributed by atoms with van der Waals surface area (Å²) in [5.74, 6) is 0.657. The molecule has 2 aromatic carbocycles. The minimum Gasteiger partial charge on any atom is -0.493 e. The first kappa shape index (κ1) is 18.5. The Hall–Kier alpha value is -2.86. The van der Waals surface area contributed by atoms with Crippen LogP contribution in [0.5, 0.6) is 5.75 Å². The van der Waals surface area contributed by atoms with Crippen molar-refractivity contribution in [3.05, 3.63) is 60.0 Å². The average Bonchev–Trinajstić information content (AvgIpc) is 3.02. The topological polar surface area (TPSA) is 53.6 Å². The van der Waals surface area contributed by atoms with Gasteiger partial charge in [0.1, 0.15) is 11.6 Å². The second-order valence-corrected chi connectivity index (χ2v) is 7.42. The molecular weight excluding hydrogens is 357 g/mol. The molecule has 0 aromatic heterocycles. The van der Waals surface area contributed by atoms with Crippen LogP contribution >= 0.6 is 0 Å². The second kappa shape index (κ2) is 8.02. The van der Waals surface area contributed by atoms with Gasteiger partial charge in [-0.05, 0) is 62.8 Å². The summed E-state index contributed by atoms with van der Waals surface area (Å²) in [5, 5.41) is 5.75. The normalized spacial score (nSPS) is 20.7. The van der Waals surface area contributed by atoms with Gasteiger partial charge >= 0.3 is 0 Å². The Morgan fingerprint density at radius 3 is 2.89 bits per heavy atom. The summed E-state index contributed by atoms with van der Waals surface area (Å²) in [6.07, 6.45) is 3.97. The molecule has 0 bridgehead atoms. The number of nitrogens with zero attached hydrogens (tertiary/aromatic N) is 1. The molecule has 1 unspecified atom stereocenters. The first-order chi connectivity index (χ1) is 13.6. The van der Waals surface area contributed by atoms with Crippen molar-refractivity contribution in [3.8, 4) is 5.75 Å². The van der Waals surface area contributed by atoms with Crippen molar-refractivity contribution in [2.24, 2.45) is 5.92 Å². The summed E-state index contributed by atoms with van der Waals surface area (Å²) >= 11 is 0. The first-order valence-corrected chi connectivity index (χ1v) is 9.58. The Balaban J connectivity index is 1.38. The van der Waals surface area contributed by atoms with Gasteiger partial charge in [-0.3, -0.25) is 4.79 Å². The highest BCUT2D eigenvalue weighted by Crippen LogP contribution is 2.33. The number of amides is 1. The fraction of sp³-hybridized carbons (Fsp3) is 0.318. The van der Waals surface area contributed by atoms with E-state index in [9.17, 15) is 9.18 Å². The number of carbonyl (C=O) groups excluding carboxylic acids is 1. The van der Waals surface area contributed by atoms with Crippen LogP contribution in [0.3, 0.4) is 0 Å². The van der Waals surface area contributed by atoms with Gasteiger partial charge in [0.25, 0.3) is 5.91 Å². The number of anilines is 2. The molecule has 2 aromatic rings. The number of rotatable bonds is 5. The van der Waals surface area contributed by atoms with Gasteiger partial charge in [0.2, 0.25) is 0 Å². The zero-order valence-electron chi connectivity index (χ0n) is 15.9. The summed E-state index contributed by atoms with van der Waals surface area (Å²) in [5.41, 5.74) is 1.89. The molecule has 1 amide bonds. The van der Waals surface area contributed by atoms with Gasteiger partial charge in [0.05, 0.1) is 17.9 Å². The molecule has 28 heavy (non-hydrogen) atoms. The number of carbonyl (C=O) groups is 1. The van der Waals surface area contributed by atoms with E-state index < -0.39 is 5.82 Å². The van der Waals surface area contributed by atoms with E-state index in [0.29, 0.717) is 17.2 Å². The predicted octanol–water partition coefficient (Wildman–Crippen LogP) is 3.95. The molecule has 0 spiro atoms. The summed E-state index contributed by atoms with van der Waals surface area (Å²) in [4.78, 5) is 14.5. The lowest BCUT2D eigenvalue weighted by molar-refractivity contribution is -0.110. The Bertz CT molecular complexity index is 895. The molecule has 1 atom stereocenters. The van der Waals surface area contributed by atoms with Gasteiger partial charge < -0.3 is 20.3 Å². The van der Waals surface area contributed by atoms with Gasteiger partial charge in [-0.25, -0.2) is 4.39 Å². The van der Waals surface area contributed by atoms with Crippen molar-refractivity contribution in [1.82, 2.24) is 4.90 Å². The number of halogens is 1. The van der Waals surface area contributed by atoms with E-state index in [1.165, 1.54) is 31.7 Å². The quantitative estimate of drug-likeness (QED) is 0.770. The van der Waals surface area contributed by atoms with E-state index in [2.05, 4.69) is 22.6 Å². The van der Waals surface area contributed by atoms with Crippen LogP contribution in [0.1, 0.15) is 18.4 Å². The maximum absolute atomic E-state index is 14.1. The van der Waals surface area contributed by atoms with E-state index in [0.717, 1.165) is 24.6 Å². The molecular formula is C22H24FN3O2. The average molecular weight is 381 g/mol. The SMILES string of the molecule is CN1CCCC(COc2ccc(N/C=C3\C(=O)Nc4cccc(F)c43)cc2)C1. The third-order valence-corrected chi connectivity index (χ3v) is 5.22. The standard InChI is InChI=1S/C22H24FN3O2/c1-26-11-3-4-15(13-26)14-28-17-9-7-16(8-10-17)24-12-18-21-19(23)5-2-6-20(21)25-22(18)27/h2,5-10,12,15,24H,3-4,11,13-14H2,1H3,(H,25,27)/b18-12-. The van der Waals surface area contributed by atoms with Crippen molar-refractivity contribution in [1.29, 1.82) is 0 Å². The zero-order valence-corrected chi connectivity index (χ0v) is 15.9. The van der Waals surface area contributed by atoms with Crippen LogP contribution < -0.4 is 15.4 Å². The van der Waals surface area contributed by atoms with Crippen molar-refractivity contribution in [2.75, 3.05) is 37.4 Å². The number of likely N-dealkylation sites (tertiary alicyclic amines) is 1. The number of hydrogen-bond donors (Lipinski definition) is 2.